The zero-order valence-electron chi connectivity index (χ0n) is 18.5. The second kappa shape index (κ2) is 9.77. The molecule has 7 heteroatoms. The second-order valence-electron chi connectivity index (χ2n) is 8.22. The van der Waals surface area contributed by atoms with Gasteiger partial charge in [0.2, 0.25) is 5.91 Å². The fourth-order valence-electron chi connectivity index (χ4n) is 4.24. The minimum atomic E-state index is -0.199. The molecule has 0 spiro atoms. The zero-order valence-corrected chi connectivity index (χ0v) is 18.5. The molecule has 1 aliphatic rings. The minimum absolute atomic E-state index is 0.0629. The number of pyridine rings is 1. The summed E-state index contributed by atoms with van der Waals surface area (Å²) >= 11 is 0. The number of carbonyl (C=O) groups excluding carboxylic acids is 1. The highest BCUT2D eigenvalue weighted by Crippen LogP contribution is 2.27. The highest BCUT2D eigenvalue weighted by atomic mass is 16.5. The van der Waals surface area contributed by atoms with Crippen molar-refractivity contribution in [2.75, 3.05) is 20.2 Å². The predicted molar refractivity (Wildman–Crippen MR) is 123 cm³/mol. The number of rotatable bonds is 7. The first-order valence-corrected chi connectivity index (χ1v) is 11.0. The van der Waals surface area contributed by atoms with Gasteiger partial charge in [0.1, 0.15) is 11.4 Å². The van der Waals surface area contributed by atoms with Crippen molar-refractivity contribution in [1.29, 1.82) is 0 Å². The van der Waals surface area contributed by atoms with Gasteiger partial charge in [0.05, 0.1) is 12.8 Å². The van der Waals surface area contributed by atoms with Crippen LogP contribution >= 0.6 is 0 Å². The molecule has 3 heterocycles. The van der Waals surface area contributed by atoms with Crippen LogP contribution < -0.4 is 10.3 Å². The van der Waals surface area contributed by atoms with E-state index in [0.717, 1.165) is 36.3 Å². The van der Waals surface area contributed by atoms with Crippen LogP contribution in [0.25, 0.3) is 11.5 Å². The van der Waals surface area contributed by atoms with Crippen molar-refractivity contribution in [3.8, 4) is 17.3 Å². The summed E-state index contributed by atoms with van der Waals surface area (Å²) in [7, 11) is 1.67. The summed E-state index contributed by atoms with van der Waals surface area (Å²) in [5, 5.41) is 0. The lowest BCUT2D eigenvalue weighted by molar-refractivity contribution is -0.130. The van der Waals surface area contributed by atoms with Gasteiger partial charge in [-0.05, 0) is 55.5 Å². The van der Waals surface area contributed by atoms with E-state index in [0.29, 0.717) is 31.0 Å². The summed E-state index contributed by atoms with van der Waals surface area (Å²) < 4.78 is 5.31. The molecule has 0 radical (unpaired) electrons. The van der Waals surface area contributed by atoms with Crippen LogP contribution in [0.2, 0.25) is 0 Å². The van der Waals surface area contributed by atoms with E-state index < -0.39 is 0 Å². The molecule has 166 valence electrons. The Bertz CT molecular complexity index is 1140. The van der Waals surface area contributed by atoms with Gasteiger partial charge in [-0.2, -0.15) is 0 Å². The second-order valence-corrected chi connectivity index (χ2v) is 8.22. The van der Waals surface area contributed by atoms with Gasteiger partial charge in [-0.25, -0.2) is 4.98 Å². The fourth-order valence-corrected chi connectivity index (χ4v) is 4.24. The monoisotopic (exact) mass is 432 g/mol. The maximum Gasteiger partial charge on any atom is 0.251 e. The minimum Gasteiger partial charge on any atom is -0.496 e. The van der Waals surface area contributed by atoms with Gasteiger partial charge < -0.3 is 14.6 Å². The van der Waals surface area contributed by atoms with Gasteiger partial charge in [0.15, 0.2) is 5.82 Å². The molecular formula is C25H28N4O3. The van der Waals surface area contributed by atoms with Crippen LogP contribution in [0.5, 0.6) is 5.75 Å². The molecular weight excluding hydrogens is 404 g/mol. The van der Waals surface area contributed by atoms with E-state index in [2.05, 4.69) is 27.1 Å². The Morgan fingerprint density at radius 1 is 1.25 bits per heavy atom. The van der Waals surface area contributed by atoms with Crippen molar-refractivity contribution in [1.82, 2.24) is 19.9 Å². The van der Waals surface area contributed by atoms with Crippen LogP contribution in [0.1, 0.15) is 42.0 Å². The molecule has 0 unspecified atom stereocenters. The predicted octanol–water partition coefficient (Wildman–Crippen LogP) is 3.49. The Kier molecular flexibility index (Phi) is 6.63. The van der Waals surface area contributed by atoms with Gasteiger partial charge in [0, 0.05) is 37.7 Å². The van der Waals surface area contributed by atoms with E-state index in [4.69, 9.17) is 4.74 Å². The molecule has 32 heavy (non-hydrogen) atoms. The first-order valence-electron chi connectivity index (χ1n) is 11.0. The molecule has 0 bridgehead atoms. The maximum atomic E-state index is 12.7. The Hall–Kier alpha value is -3.48. The topological polar surface area (TPSA) is 88.2 Å². The van der Waals surface area contributed by atoms with Crippen LogP contribution in [-0.4, -0.2) is 46.0 Å². The number of benzene rings is 1. The lowest BCUT2D eigenvalue weighted by Gasteiger charge is -2.17. The SMILES string of the molecule is COc1ccc(CCCC(=O)N2CC[C@@H](c3cc(=O)[nH]c(-c4ccccn4)n3)C2)cc1C. The molecule has 1 N–H and O–H groups in total. The van der Waals surface area contributed by atoms with Crippen molar-refractivity contribution < 1.29 is 9.53 Å². The average molecular weight is 433 g/mol. The van der Waals surface area contributed by atoms with Gasteiger partial charge >= 0.3 is 0 Å². The third-order valence-electron chi connectivity index (χ3n) is 5.94. The Labute approximate surface area is 187 Å². The standard InChI is InChI=1S/C25H28N4O3/c1-17-14-18(9-10-22(17)32-2)6-5-8-24(31)29-13-11-19(16-29)21-15-23(30)28-25(27-21)20-7-3-4-12-26-20/h3-4,7,9-10,12,14-15,19H,5-6,8,11,13,16H2,1-2H3,(H,27,28,30)/t19-/m1/s1. The lowest BCUT2D eigenvalue weighted by atomic mass is 10.0. The largest absolute Gasteiger partial charge is 0.496 e. The van der Waals surface area contributed by atoms with Crippen LogP contribution in [0.15, 0.2) is 53.5 Å². The van der Waals surface area contributed by atoms with Crippen molar-refractivity contribution in [2.24, 2.45) is 0 Å². The number of ether oxygens (including phenoxy) is 1. The smallest absolute Gasteiger partial charge is 0.251 e. The molecule has 1 atom stereocenters. The zero-order chi connectivity index (χ0) is 22.5. The van der Waals surface area contributed by atoms with Crippen LogP contribution in [0, 0.1) is 6.92 Å². The van der Waals surface area contributed by atoms with E-state index in [1.165, 1.54) is 11.6 Å². The molecule has 1 aromatic carbocycles. The molecule has 1 fully saturated rings. The third-order valence-corrected chi connectivity index (χ3v) is 5.94. The number of H-pyrrole nitrogens is 1. The molecule has 2 aromatic heterocycles. The molecule has 1 saturated heterocycles. The van der Waals surface area contributed by atoms with Crippen molar-refractivity contribution in [3.05, 3.63) is 75.8 Å². The van der Waals surface area contributed by atoms with E-state index in [9.17, 15) is 9.59 Å². The number of aromatic amines is 1. The molecule has 1 amide bonds. The molecule has 0 saturated carbocycles. The number of carbonyl (C=O) groups is 1. The Balaban J connectivity index is 1.34. The lowest BCUT2D eigenvalue weighted by Crippen LogP contribution is -2.28. The number of hydrogen-bond acceptors (Lipinski definition) is 5. The van der Waals surface area contributed by atoms with Gasteiger partial charge in [-0.1, -0.05) is 18.2 Å². The van der Waals surface area contributed by atoms with E-state index in [1.54, 1.807) is 13.3 Å². The Morgan fingerprint density at radius 3 is 2.88 bits per heavy atom. The molecule has 4 rings (SSSR count). The molecule has 0 aliphatic carbocycles. The van der Waals surface area contributed by atoms with Gasteiger partial charge in [0.25, 0.3) is 5.56 Å². The van der Waals surface area contributed by atoms with Crippen molar-refractivity contribution >= 4 is 5.91 Å². The number of nitrogens with one attached hydrogen (secondary N) is 1. The normalized spacial score (nSPS) is 15.7. The fraction of sp³-hybridized carbons (Fsp3) is 0.360. The summed E-state index contributed by atoms with van der Waals surface area (Å²) in [6, 6.07) is 13.2. The first-order chi connectivity index (χ1) is 15.5. The maximum absolute atomic E-state index is 12.7. The number of aromatic nitrogens is 3. The highest BCUT2D eigenvalue weighted by molar-refractivity contribution is 5.76. The number of likely N-dealkylation sites (tertiary alicyclic amines) is 1. The van der Waals surface area contributed by atoms with E-state index >= 15 is 0 Å². The number of methoxy groups -OCH3 is 1. The van der Waals surface area contributed by atoms with E-state index in [-0.39, 0.29) is 17.4 Å². The van der Waals surface area contributed by atoms with Gasteiger partial charge in [-0.3, -0.25) is 14.6 Å². The number of aryl methyl sites for hydroxylation is 2. The van der Waals surface area contributed by atoms with Crippen molar-refractivity contribution in [3.63, 3.8) is 0 Å². The summed E-state index contributed by atoms with van der Waals surface area (Å²) in [5.41, 5.74) is 3.47. The van der Waals surface area contributed by atoms with Crippen LogP contribution in [0.3, 0.4) is 0 Å². The quantitative estimate of drug-likeness (QED) is 0.617. The van der Waals surface area contributed by atoms with E-state index in [1.807, 2.05) is 36.1 Å². The van der Waals surface area contributed by atoms with Crippen molar-refractivity contribution in [2.45, 2.75) is 38.5 Å². The Morgan fingerprint density at radius 2 is 2.12 bits per heavy atom. The number of hydrogen-bond donors (Lipinski definition) is 1. The summed E-state index contributed by atoms with van der Waals surface area (Å²) in [6.45, 7) is 3.32. The first kappa shape index (κ1) is 21.7. The summed E-state index contributed by atoms with van der Waals surface area (Å²) in [6.07, 6.45) is 4.66. The summed E-state index contributed by atoms with van der Waals surface area (Å²) in [5.74, 6) is 1.57. The molecule has 7 nitrogen and oxygen atoms in total. The van der Waals surface area contributed by atoms with Crippen LogP contribution in [0.4, 0.5) is 0 Å². The molecule has 1 aliphatic heterocycles. The highest BCUT2D eigenvalue weighted by Gasteiger charge is 2.28. The third kappa shape index (κ3) is 5.04. The number of amides is 1. The summed E-state index contributed by atoms with van der Waals surface area (Å²) in [4.78, 5) is 38.5. The number of nitrogens with zero attached hydrogens (tertiary/aromatic N) is 3. The van der Waals surface area contributed by atoms with Crippen LogP contribution in [-0.2, 0) is 11.2 Å². The molecule has 3 aromatic rings. The van der Waals surface area contributed by atoms with Gasteiger partial charge in [-0.15, -0.1) is 0 Å². The average Bonchev–Trinajstić information content (AvgIpc) is 3.30.